The van der Waals surface area contributed by atoms with Crippen molar-refractivity contribution in [2.75, 3.05) is 13.1 Å². The first-order chi connectivity index (χ1) is 8.84. The molecule has 0 N–H and O–H groups in total. The quantitative estimate of drug-likeness (QED) is 0.790. The SMILES string of the molecule is O=C(c1ccncc1)N1CC[C@@H](c2ncon2)C1. The molecule has 0 radical (unpaired) electrons. The van der Waals surface area contributed by atoms with E-state index in [-0.39, 0.29) is 11.8 Å². The summed E-state index contributed by atoms with van der Waals surface area (Å²) in [5.74, 6) is 0.887. The average Bonchev–Trinajstić information content (AvgIpc) is 3.09. The first-order valence-electron chi connectivity index (χ1n) is 5.80. The van der Waals surface area contributed by atoms with Crippen LogP contribution in [0, 0.1) is 0 Å². The van der Waals surface area contributed by atoms with Crippen LogP contribution in [0.25, 0.3) is 0 Å². The number of carbonyl (C=O) groups is 1. The highest BCUT2D eigenvalue weighted by Crippen LogP contribution is 2.25. The lowest BCUT2D eigenvalue weighted by Gasteiger charge is -2.15. The summed E-state index contributed by atoms with van der Waals surface area (Å²) < 4.78 is 4.73. The number of rotatable bonds is 2. The van der Waals surface area contributed by atoms with E-state index in [0.717, 1.165) is 13.0 Å². The van der Waals surface area contributed by atoms with E-state index < -0.39 is 0 Å². The van der Waals surface area contributed by atoms with Gasteiger partial charge in [-0.3, -0.25) is 9.78 Å². The van der Waals surface area contributed by atoms with Crippen LogP contribution in [0.2, 0.25) is 0 Å². The van der Waals surface area contributed by atoms with Crippen LogP contribution in [-0.2, 0) is 0 Å². The highest BCUT2D eigenvalue weighted by molar-refractivity contribution is 5.94. The third-order valence-corrected chi connectivity index (χ3v) is 3.15. The molecule has 1 aliphatic rings. The number of amides is 1. The standard InChI is InChI=1S/C12H12N4O2/c17-12(9-1-4-13-5-2-9)16-6-3-10(7-16)11-14-8-18-15-11/h1-2,4-5,8,10H,3,6-7H2/t10-/m1/s1. The molecule has 92 valence electrons. The van der Waals surface area contributed by atoms with Crippen molar-refractivity contribution >= 4 is 5.91 Å². The van der Waals surface area contributed by atoms with Crippen LogP contribution >= 0.6 is 0 Å². The molecule has 0 bridgehead atoms. The molecule has 2 aromatic rings. The van der Waals surface area contributed by atoms with Gasteiger partial charge in [0.1, 0.15) is 0 Å². The Morgan fingerprint density at radius 2 is 2.22 bits per heavy atom. The van der Waals surface area contributed by atoms with Gasteiger partial charge in [0.2, 0.25) is 6.39 Å². The first kappa shape index (κ1) is 10.9. The molecular weight excluding hydrogens is 232 g/mol. The van der Waals surface area contributed by atoms with Crippen LogP contribution in [0.1, 0.15) is 28.5 Å². The summed E-state index contributed by atoms with van der Waals surface area (Å²) in [6.45, 7) is 1.36. The lowest BCUT2D eigenvalue weighted by molar-refractivity contribution is 0.0790. The highest BCUT2D eigenvalue weighted by Gasteiger charge is 2.30. The summed E-state index contributed by atoms with van der Waals surface area (Å²) in [7, 11) is 0. The first-order valence-corrected chi connectivity index (χ1v) is 5.80. The van der Waals surface area contributed by atoms with Gasteiger partial charge in [-0.05, 0) is 18.6 Å². The van der Waals surface area contributed by atoms with Crippen molar-refractivity contribution in [1.82, 2.24) is 20.0 Å². The third-order valence-electron chi connectivity index (χ3n) is 3.15. The largest absolute Gasteiger partial charge is 0.343 e. The van der Waals surface area contributed by atoms with Gasteiger partial charge in [0, 0.05) is 37.0 Å². The Morgan fingerprint density at radius 1 is 1.39 bits per heavy atom. The summed E-state index contributed by atoms with van der Waals surface area (Å²) in [5.41, 5.74) is 0.666. The number of nitrogens with zero attached hydrogens (tertiary/aromatic N) is 4. The molecule has 0 saturated carbocycles. The molecule has 3 rings (SSSR count). The number of aromatic nitrogens is 3. The number of hydrogen-bond acceptors (Lipinski definition) is 5. The molecule has 0 unspecified atom stereocenters. The minimum Gasteiger partial charge on any atom is -0.343 e. The fraction of sp³-hybridized carbons (Fsp3) is 0.333. The van der Waals surface area contributed by atoms with E-state index in [1.54, 1.807) is 24.5 Å². The Hall–Kier alpha value is -2.24. The van der Waals surface area contributed by atoms with E-state index in [4.69, 9.17) is 4.52 Å². The molecule has 1 atom stereocenters. The van der Waals surface area contributed by atoms with Crippen molar-refractivity contribution in [3.63, 3.8) is 0 Å². The smallest absolute Gasteiger partial charge is 0.253 e. The normalized spacial score (nSPS) is 19.1. The zero-order chi connectivity index (χ0) is 12.4. The predicted octanol–water partition coefficient (Wildman–Crippen LogP) is 1.09. The summed E-state index contributed by atoms with van der Waals surface area (Å²) in [6, 6.07) is 3.45. The molecule has 1 aliphatic heterocycles. The Morgan fingerprint density at radius 3 is 2.94 bits per heavy atom. The molecule has 0 aromatic carbocycles. The van der Waals surface area contributed by atoms with Gasteiger partial charge in [-0.2, -0.15) is 4.98 Å². The van der Waals surface area contributed by atoms with Crippen molar-refractivity contribution < 1.29 is 9.32 Å². The van der Waals surface area contributed by atoms with Gasteiger partial charge in [-0.15, -0.1) is 0 Å². The van der Waals surface area contributed by atoms with E-state index in [1.807, 2.05) is 4.90 Å². The highest BCUT2D eigenvalue weighted by atomic mass is 16.5. The van der Waals surface area contributed by atoms with Crippen molar-refractivity contribution in [1.29, 1.82) is 0 Å². The number of pyridine rings is 1. The Bertz CT molecular complexity index is 526. The average molecular weight is 244 g/mol. The zero-order valence-corrected chi connectivity index (χ0v) is 9.69. The van der Waals surface area contributed by atoms with Gasteiger partial charge >= 0.3 is 0 Å². The number of hydrogen-bond donors (Lipinski definition) is 0. The minimum absolute atomic E-state index is 0.0309. The maximum atomic E-state index is 12.2. The summed E-state index contributed by atoms with van der Waals surface area (Å²) in [4.78, 5) is 22.0. The summed E-state index contributed by atoms with van der Waals surface area (Å²) >= 11 is 0. The fourth-order valence-electron chi connectivity index (χ4n) is 2.19. The van der Waals surface area contributed by atoms with Crippen LogP contribution < -0.4 is 0 Å². The predicted molar refractivity (Wildman–Crippen MR) is 61.8 cm³/mol. The van der Waals surface area contributed by atoms with Gasteiger partial charge < -0.3 is 9.42 Å². The van der Waals surface area contributed by atoms with Crippen LogP contribution in [0.4, 0.5) is 0 Å². The van der Waals surface area contributed by atoms with Crippen molar-refractivity contribution in [3.8, 4) is 0 Å². The zero-order valence-electron chi connectivity index (χ0n) is 9.69. The van der Waals surface area contributed by atoms with Crippen molar-refractivity contribution in [3.05, 3.63) is 42.3 Å². The Labute approximate surface area is 104 Å². The molecule has 1 amide bonds. The molecule has 1 saturated heterocycles. The second-order valence-electron chi connectivity index (χ2n) is 4.26. The lowest BCUT2D eigenvalue weighted by atomic mass is 10.1. The van der Waals surface area contributed by atoms with Crippen LogP contribution in [0.3, 0.4) is 0 Å². The summed E-state index contributed by atoms with van der Waals surface area (Å²) in [5, 5.41) is 3.83. The molecule has 2 aromatic heterocycles. The van der Waals surface area contributed by atoms with Gasteiger partial charge in [-0.25, -0.2) is 0 Å². The molecular formula is C12H12N4O2. The van der Waals surface area contributed by atoms with Gasteiger partial charge in [0.25, 0.3) is 5.91 Å². The van der Waals surface area contributed by atoms with Crippen LogP contribution in [0.15, 0.2) is 35.4 Å². The van der Waals surface area contributed by atoms with E-state index in [1.165, 1.54) is 6.39 Å². The molecule has 18 heavy (non-hydrogen) atoms. The van der Waals surface area contributed by atoms with Gasteiger partial charge in [0.15, 0.2) is 5.82 Å². The van der Waals surface area contributed by atoms with Crippen molar-refractivity contribution in [2.24, 2.45) is 0 Å². The summed E-state index contributed by atoms with van der Waals surface area (Å²) in [6.07, 6.45) is 5.44. The topological polar surface area (TPSA) is 72.1 Å². The van der Waals surface area contributed by atoms with E-state index in [0.29, 0.717) is 17.9 Å². The molecule has 6 heteroatoms. The Balaban J connectivity index is 1.71. The third kappa shape index (κ3) is 1.97. The van der Waals surface area contributed by atoms with Gasteiger partial charge in [-0.1, -0.05) is 5.16 Å². The molecule has 0 aliphatic carbocycles. The number of carbonyl (C=O) groups excluding carboxylic acids is 1. The molecule has 1 fully saturated rings. The fourth-order valence-corrected chi connectivity index (χ4v) is 2.19. The minimum atomic E-state index is 0.0309. The molecule has 0 spiro atoms. The Kier molecular flexibility index (Phi) is 2.76. The second-order valence-corrected chi connectivity index (χ2v) is 4.26. The van der Waals surface area contributed by atoms with Crippen molar-refractivity contribution in [2.45, 2.75) is 12.3 Å². The van der Waals surface area contributed by atoms with Gasteiger partial charge in [0.05, 0.1) is 0 Å². The second kappa shape index (κ2) is 4.56. The van der Waals surface area contributed by atoms with Crippen LogP contribution in [0.5, 0.6) is 0 Å². The maximum absolute atomic E-state index is 12.2. The molecule has 6 nitrogen and oxygen atoms in total. The van der Waals surface area contributed by atoms with E-state index >= 15 is 0 Å². The maximum Gasteiger partial charge on any atom is 0.253 e. The monoisotopic (exact) mass is 244 g/mol. The lowest BCUT2D eigenvalue weighted by Crippen LogP contribution is -2.28. The van der Waals surface area contributed by atoms with E-state index in [9.17, 15) is 4.79 Å². The van der Waals surface area contributed by atoms with Crippen LogP contribution in [-0.4, -0.2) is 39.0 Å². The van der Waals surface area contributed by atoms with E-state index in [2.05, 4.69) is 15.1 Å². The molecule has 3 heterocycles. The number of likely N-dealkylation sites (tertiary alicyclic amines) is 1.